The lowest BCUT2D eigenvalue weighted by Gasteiger charge is -2.52. The molecule has 5 rings (SSSR count). The van der Waals surface area contributed by atoms with Crippen molar-refractivity contribution in [1.82, 2.24) is 0 Å². The van der Waals surface area contributed by atoms with Crippen molar-refractivity contribution in [3.8, 4) is 16.9 Å². The summed E-state index contributed by atoms with van der Waals surface area (Å²) < 4.78 is 0. The summed E-state index contributed by atoms with van der Waals surface area (Å²) in [5.41, 5.74) is -0.136. The van der Waals surface area contributed by atoms with Gasteiger partial charge in [-0.05, 0) is 48.4 Å². The number of aliphatic hydroxyl groups is 4. The van der Waals surface area contributed by atoms with Crippen molar-refractivity contribution in [3.05, 3.63) is 64.9 Å². The van der Waals surface area contributed by atoms with Gasteiger partial charge in [-0.3, -0.25) is 9.59 Å². The lowest BCUT2D eigenvalue weighted by Crippen LogP contribution is -2.66. The van der Waals surface area contributed by atoms with Gasteiger partial charge in [-0.1, -0.05) is 36.4 Å². The Labute approximate surface area is 190 Å². The Morgan fingerprint density at radius 2 is 1.73 bits per heavy atom. The average Bonchev–Trinajstić information content (AvgIpc) is 2.76. The zero-order valence-corrected chi connectivity index (χ0v) is 18.1. The molecule has 0 radical (unpaired) electrons. The van der Waals surface area contributed by atoms with E-state index in [1.54, 1.807) is 6.07 Å². The molecule has 3 unspecified atom stereocenters. The van der Waals surface area contributed by atoms with E-state index >= 15 is 0 Å². The van der Waals surface area contributed by atoms with Crippen LogP contribution in [0.1, 0.15) is 35.7 Å². The van der Waals surface area contributed by atoms with Gasteiger partial charge in [0.25, 0.3) is 0 Å². The van der Waals surface area contributed by atoms with E-state index in [0.29, 0.717) is 12.0 Å². The lowest BCUT2D eigenvalue weighted by atomic mass is 9.54. The molecule has 0 aromatic heterocycles. The van der Waals surface area contributed by atoms with Crippen LogP contribution in [-0.2, 0) is 11.2 Å². The van der Waals surface area contributed by atoms with Crippen molar-refractivity contribution in [2.45, 2.75) is 44.0 Å². The molecule has 0 heterocycles. The molecule has 7 heteroatoms. The lowest BCUT2D eigenvalue weighted by molar-refractivity contribution is -0.183. The molecule has 6 atom stereocenters. The van der Waals surface area contributed by atoms with Gasteiger partial charge in [-0.25, -0.2) is 0 Å². The average molecular weight is 450 g/mol. The highest BCUT2D eigenvalue weighted by Gasteiger charge is 2.63. The van der Waals surface area contributed by atoms with E-state index < -0.39 is 41.2 Å². The van der Waals surface area contributed by atoms with Crippen LogP contribution in [-0.4, -0.2) is 54.9 Å². The van der Waals surface area contributed by atoms with Gasteiger partial charge < -0.3 is 25.5 Å². The molecule has 0 bridgehead atoms. The quantitative estimate of drug-likeness (QED) is 0.474. The van der Waals surface area contributed by atoms with E-state index in [1.807, 2.05) is 30.3 Å². The van der Waals surface area contributed by atoms with E-state index in [0.717, 1.165) is 11.1 Å². The summed E-state index contributed by atoms with van der Waals surface area (Å²) in [6, 6.07) is 12.7. The molecule has 0 amide bonds. The van der Waals surface area contributed by atoms with Gasteiger partial charge in [0.15, 0.2) is 17.2 Å². The summed E-state index contributed by atoms with van der Waals surface area (Å²) in [6.45, 7) is 1.30. The number of ketones is 2. The van der Waals surface area contributed by atoms with Gasteiger partial charge in [-0.2, -0.15) is 0 Å². The zero-order chi connectivity index (χ0) is 23.7. The first-order valence-corrected chi connectivity index (χ1v) is 11.2. The number of hydrogen-bond acceptors (Lipinski definition) is 7. The number of Topliss-reactive ketones (excluding diaryl/α,β-unsaturated/α-hetero) is 2. The van der Waals surface area contributed by atoms with Crippen LogP contribution in [0.15, 0.2) is 53.8 Å². The van der Waals surface area contributed by atoms with Gasteiger partial charge >= 0.3 is 0 Å². The van der Waals surface area contributed by atoms with E-state index in [9.17, 15) is 35.1 Å². The topological polar surface area (TPSA) is 135 Å². The predicted octanol–water partition coefficient (Wildman–Crippen LogP) is 2.31. The Morgan fingerprint density at radius 1 is 1.03 bits per heavy atom. The van der Waals surface area contributed by atoms with Crippen LogP contribution < -0.4 is 0 Å². The van der Waals surface area contributed by atoms with Crippen molar-refractivity contribution >= 4 is 11.6 Å². The van der Waals surface area contributed by atoms with E-state index in [4.69, 9.17) is 0 Å². The first-order valence-electron chi connectivity index (χ1n) is 11.2. The molecule has 0 aliphatic heterocycles. The molecule has 172 valence electrons. The second-order valence-corrected chi connectivity index (χ2v) is 9.48. The highest BCUT2D eigenvalue weighted by atomic mass is 16.4. The number of benzene rings is 2. The summed E-state index contributed by atoms with van der Waals surface area (Å²) in [7, 11) is 0. The minimum absolute atomic E-state index is 0.0740. The maximum Gasteiger partial charge on any atom is 0.199 e. The Bertz CT molecular complexity index is 1180. The van der Waals surface area contributed by atoms with Crippen LogP contribution in [0.25, 0.3) is 11.1 Å². The van der Waals surface area contributed by atoms with Crippen molar-refractivity contribution in [1.29, 1.82) is 0 Å². The third kappa shape index (κ3) is 3.00. The highest BCUT2D eigenvalue weighted by Crippen LogP contribution is 2.53. The zero-order valence-electron chi connectivity index (χ0n) is 18.1. The molecule has 3 aliphatic rings. The Kier molecular flexibility index (Phi) is 4.97. The van der Waals surface area contributed by atoms with Gasteiger partial charge in [0.05, 0.1) is 23.2 Å². The first-order chi connectivity index (χ1) is 15.7. The fraction of sp³-hybridized carbons (Fsp3) is 0.385. The van der Waals surface area contributed by atoms with Crippen LogP contribution in [0, 0.1) is 17.8 Å². The largest absolute Gasteiger partial charge is 0.512 e. The number of rotatable bonds is 2. The fourth-order valence-electron chi connectivity index (χ4n) is 6.15. The second kappa shape index (κ2) is 7.52. The SMILES string of the molecule is CC(O)C1=C(O)C[C@@H]2C[C@@H]3Cc4c(-c5ccccc5)ccc(O)c4C(=O)C3C(O)[C@]2(O)C1=O. The van der Waals surface area contributed by atoms with Crippen LogP contribution in [0.2, 0.25) is 0 Å². The molecular weight excluding hydrogens is 424 g/mol. The van der Waals surface area contributed by atoms with E-state index in [-0.39, 0.29) is 41.4 Å². The van der Waals surface area contributed by atoms with Gasteiger partial charge in [0.2, 0.25) is 0 Å². The Balaban J connectivity index is 1.62. The summed E-state index contributed by atoms with van der Waals surface area (Å²) in [4.78, 5) is 26.7. The molecule has 5 N–H and O–H groups in total. The number of phenols is 1. The maximum atomic E-state index is 13.6. The molecule has 1 fully saturated rings. The molecule has 0 spiro atoms. The van der Waals surface area contributed by atoms with E-state index in [1.165, 1.54) is 13.0 Å². The van der Waals surface area contributed by atoms with Crippen molar-refractivity contribution in [2.24, 2.45) is 17.8 Å². The fourth-order valence-corrected chi connectivity index (χ4v) is 6.15. The highest BCUT2D eigenvalue weighted by molar-refractivity contribution is 6.08. The number of hydrogen-bond donors (Lipinski definition) is 5. The minimum Gasteiger partial charge on any atom is -0.512 e. The third-order valence-electron chi connectivity index (χ3n) is 7.68. The summed E-state index contributed by atoms with van der Waals surface area (Å²) in [5.74, 6) is -4.22. The number of carbonyl (C=O) groups is 2. The third-order valence-corrected chi connectivity index (χ3v) is 7.68. The van der Waals surface area contributed by atoms with Crippen LogP contribution >= 0.6 is 0 Å². The minimum atomic E-state index is -2.29. The van der Waals surface area contributed by atoms with E-state index in [2.05, 4.69) is 0 Å². The number of aromatic hydroxyl groups is 1. The van der Waals surface area contributed by atoms with Crippen molar-refractivity contribution in [2.75, 3.05) is 0 Å². The standard InChI is InChI=1S/C26H26O7/c1-12(27)20-19(29)11-15-9-14-10-17-16(13-5-3-2-4-6-13)7-8-18(28)22(17)23(30)21(14)25(32)26(15,33)24(20)31/h2-8,12,14-15,21,25,27-29,32-33H,9-11H2,1H3/t12?,14-,15+,21?,25?,26-/m1/s1. The molecular formula is C26H26O7. The molecule has 2 aromatic carbocycles. The van der Waals surface area contributed by atoms with Gasteiger partial charge in [0, 0.05) is 12.3 Å². The number of aliphatic hydroxyl groups excluding tert-OH is 3. The number of phenolic OH excluding ortho intramolecular Hbond substituents is 1. The normalized spacial score (nSPS) is 32.1. The monoisotopic (exact) mass is 450 g/mol. The van der Waals surface area contributed by atoms with Crippen molar-refractivity contribution in [3.63, 3.8) is 0 Å². The molecule has 1 saturated carbocycles. The number of allylic oxidation sites excluding steroid dienone is 1. The summed E-state index contributed by atoms with van der Waals surface area (Å²) >= 11 is 0. The van der Waals surface area contributed by atoms with Crippen LogP contribution in [0.3, 0.4) is 0 Å². The second-order valence-electron chi connectivity index (χ2n) is 9.48. The maximum absolute atomic E-state index is 13.6. The number of fused-ring (bicyclic) bond motifs is 3. The van der Waals surface area contributed by atoms with Crippen LogP contribution in [0.4, 0.5) is 0 Å². The predicted molar refractivity (Wildman–Crippen MR) is 119 cm³/mol. The van der Waals surface area contributed by atoms with Crippen molar-refractivity contribution < 1.29 is 35.1 Å². The molecule has 2 aromatic rings. The molecule has 0 saturated heterocycles. The number of carbonyl (C=O) groups excluding carboxylic acids is 2. The first kappa shape index (κ1) is 21.8. The molecule has 33 heavy (non-hydrogen) atoms. The summed E-state index contributed by atoms with van der Waals surface area (Å²) in [6.07, 6.45) is -2.52. The Morgan fingerprint density at radius 3 is 2.39 bits per heavy atom. The Hall–Kier alpha value is -3.00. The summed E-state index contributed by atoms with van der Waals surface area (Å²) in [5, 5.41) is 53.6. The molecule has 3 aliphatic carbocycles. The van der Waals surface area contributed by atoms with Gasteiger partial charge in [-0.15, -0.1) is 0 Å². The smallest absolute Gasteiger partial charge is 0.199 e. The van der Waals surface area contributed by atoms with Gasteiger partial charge in [0.1, 0.15) is 17.6 Å². The molecule has 7 nitrogen and oxygen atoms in total. The van der Waals surface area contributed by atoms with Crippen LogP contribution in [0.5, 0.6) is 5.75 Å².